The van der Waals surface area contributed by atoms with Crippen LogP contribution in [-0.4, -0.2) is 35.1 Å². The standard InChI is InChI=1S/C24H29FN6O2/c1-4-6-20(14(2)26)30-24-19(25)13-18(22(27)32)23(31-24)29-16-9-10-28-21(12-16)15-7-5-8-17(11-15)33-3/h5,7-14,20H,4,6,26H2,1-3H3,(H2,27,32)(H2,28,29,30,31)/t14-,20+/m0/s1. The SMILES string of the molecule is CCC[C@@H](Nc1nc(Nc2ccnc(-c3cccc(OC)c3)c2)c(C(N)=O)cc1F)[C@H](C)N. The lowest BCUT2D eigenvalue weighted by Crippen LogP contribution is -2.38. The smallest absolute Gasteiger partial charge is 0.252 e. The summed E-state index contributed by atoms with van der Waals surface area (Å²) in [6.07, 6.45) is 3.24. The number of halogens is 1. The molecule has 0 aliphatic rings. The number of nitrogens with zero attached hydrogens (tertiary/aromatic N) is 2. The third-order valence-corrected chi connectivity index (χ3v) is 5.19. The van der Waals surface area contributed by atoms with Crippen molar-refractivity contribution >= 4 is 23.2 Å². The van der Waals surface area contributed by atoms with Crippen molar-refractivity contribution in [1.29, 1.82) is 0 Å². The molecule has 2 atom stereocenters. The number of rotatable bonds is 10. The summed E-state index contributed by atoms with van der Waals surface area (Å²) in [5, 5.41) is 6.13. The number of carbonyl (C=O) groups excluding carboxylic acids is 1. The molecular formula is C24H29FN6O2. The Hall–Kier alpha value is -3.72. The Bertz CT molecular complexity index is 1120. The summed E-state index contributed by atoms with van der Waals surface area (Å²) in [6, 6.07) is 11.7. The quantitative estimate of drug-likeness (QED) is 0.365. The molecule has 0 fully saturated rings. The van der Waals surface area contributed by atoms with Gasteiger partial charge in [0.15, 0.2) is 11.6 Å². The van der Waals surface area contributed by atoms with E-state index in [0.29, 0.717) is 17.1 Å². The summed E-state index contributed by atoms with van der Waals surface area (Å²) in [4.78, 5) is 20.7. The van der Waals surface area contributed by atoms with E-state index in [9.17, 15) is 9.18 Å². The number of ether oxygens (including phenoxy) is 1. The number of amides is 1. The predicted octanol–water partition coefficient (Wildman–Crippen LogP) is 4.06. The van der Waals surface area contributed by atoms with Crippen molar-refractivity contribution in [2.75, 3.05) is 17.7 Å². The van der Waals surface area contributed by atoms with Gasteiger partial charge in [0, 0.05) is 29.5 Å². The topological polar surface area (TPSA) is 128 Å². The second kappa shape index (κ2) is 10.7. The molecule has 2 heterocycles. The minimum Gasteiger partial charge on any atom is -0.497 e. The Labute approximate surface area is 192 Å². The van der Waals surface area contributed by atoms with Crippen molar-refractivity contribution in [3.8, 4) is 17.0 Å². The monoisotopic (exact) mass is 452 g/mol. The van der Waals surface area contributed by atoms with Crippen LogP contribution in [0.2, 0.25) is 0 Å². The molecule has 3 rings (SSSR count). The van der Waals surface area contributed by atoms with E-state index in [1.807, 2.05) is 38.1 Å². The van der Waals surface area contributed by atoms with Crippen LogP contribution in [0.15, 0.2) is 48.7 Å². The van der Waals surface area contributed by atoms with E-state index < -0.39 is 11.7 Å². The number of nitrogens with one attached hydrogen (secondary N) is 2. The van der Waals surface area contributed by atoms with Gasteiger partial charge in [0.25, 0.3) is 5.91 Å². The molecule has 2 aromatic heterocycles. The molecule has 8 nitrogen and oxygen atoms in total. The normalized spacial score (nSPS) is 12.6. The zero-order valence-corrected chi connectivity index (χ0v) is 18.9. The maximum Gasteiger partial charge on any atom is 0.252 e. The minimum absolute atomic E-state index is 0.000301. The van der Waals surface area contributed by atoms with E-state index >= 15 is 0 Å². The number of anilines is 3. The number of primary amides is 1. The van der Waals surface area contributed by atoms with Crippen molar-refractivity contribution in [3.05, 3.63) is 60.0 Å². The Morgan fingerprint density at radius 3 is 2.67 bits per heavy atom. The van der Waals surface area contributed by atoms with Gasteiger partial charge in [-0.3, -0.25) is 9.78 Å². The Kier molecular flexibility index (Phi) is 7.78. The Morgan fingerprint density at radius 1 is 1.21 bits per heavy atom. The summed E-state index contributed by atoms with van der Waals surface area (Å²) in [5.74, 6) is -0.637. The van der Waals surface area contributed by atoms with E-state index in [1.165, 1.54) is 0 Å². The second-order valence-corrected chi connectivity index (χ2v) is 7.76. The zero-order chi connectivity index (χ0) is 24.0. The molecule has 174 valence electrons. The van der Waals surface area contributed by atoms with E-state index in [-0.39, 0.29) is 29.3 Å². The molecule has 1 amide bonds. The lowest BCUT2D eigenvalue weighted by atomic mass is 10.1. The molecule has 0 unspecified atom stereocenters. The maximum absolute atomic E-state index is 14.7. The zero-order valence-electron chi connectivity index (χ0n) is 18.9. The molecule has 0 bridgehead atoms. The van der Waals surface area contributed by atoms with E-state index in [2.05, 4.69) is 20.6 Å². The fourth-order valence-electron chi connectivity index (χ4n) is 3.41. The number of methoxy groups -OCH3 is 1. The highest BCUT2D eigenvalue weighted by molar-refractivity contribution is 5.98. The lowest BCUT2D eigenvalue weighted by molar-refractivity contribution is 0.100. The number of benzene rings is 1. The van der Waals surface area contributed by atoms with Crippen LogP contribution in [0, 0.1) is 5.82 Å². The fraction of sp³-hybridized carbons (Fsp3) is 0.292. The lowest BCUT2D eigenvalue weighted by Gasteiger charge is -2.23. The first kappa shape index (κ1) is 23.9. The van der Waals surface area contributed by atoms with Crippen LogP contribution in [0.4, 0.5) is 21.7 Å². The Balaban J connectivity index is 1.96. The number of aromatic nitrogens is 2. The van der Waals surface area contributed by atoms with Gasteiger partial charge in [0.05, 0.1) is 18.4 Å². The number of hydrogen-bond donors (Lipinski definition) is 4. The molecule has 0 spiro atoms. The molecule has 6 N–H and O–H groups in total. The molecule has 0 aliphatic carbocycles. The fourth-order valence-corrected chi connectivity index (χ4v) is 3.41. The third-order valence-electron chi connectivity index (χ3n) is 5.19. The summed E-state index contributed by atoms with van der Waals surface area (Å²) < 4.78 is 20.0. The number of hydrogen-bond acceptors (Lipinski definition) is 7. The van der Waals surface area contributed by atoms with Crippen LogP contribution in [0.1, 0.15) is 37.0 Å². The first-order chi connectivity index (χ1) is 15.8. The Morgan fingerprint density at radius 2 is 2.00 bits per heavy atom. The summed E-state index contributed by atoms with van der Waals surface area (Å²) >= 11 is 0. The van der Waals surface area contributed by atoms with Crippen LogP contribution in [-0.2, 0) is 0 Å². The molecule has 3 aromatic rings. The summed E-state index contributed by atoms with van der Waals surface area (Å²) in [6.45, 7) is 3.87. The molecular weight excluding hydrogens is 423 g/mol. The third kappa shape index (κ3) is 5.95. The number of carbonyl (C=O) groups is 1. The number of nitrogens with two attached hydrogens (primary N) is 2. The van der Waals surface area contributed by atoms with Gasteiger partial charge in [0.2, 0.25) is 0 Å². The van der Waals surface area contributed by atoms with E-state index in [1.54, 1.807) is 25.4 Å². The number of pyridine rings is 2. The van der Waals surface area contributed by atoms with Gasteiger partial charge in [-0.1, -0.05) is 25.5 Å². The highest BCUT2D eigenvalue weighted by Crippen LogP contribution is 2.28. The van der Waals surface area contributed by atoms with Crippen molar-refractivity contribution in [2.45, 2.75) is 38.8 Å². The van der Waals surface area contributed by atoms with Gasteiger partial charge in [-0.25, -0.2) is 9.37 Å². The first-order valence-corrected chi connectivity index (χ1v) is 10.7. The van der Waals surface area contributed by atoms with Crippen molar-refractivity contribution in [1.82, 2.24) is 9.97 Å². The average Bonchev–Trinajstić information content (AvgIpc) is 2.80. The molecule has 0 saturated heterocycles. The molecule has 0 radical (unpaired) electrons. The molecule has 0 aliphatic heterocycles. The van der Waals surface area contributed by atoms with Crippen molar-refractivity contribution in [3.63, 3.8) is 0 Å². The predicted molar refractivity (Wildman–Crippen MR) is 128 cm³/mol. The van der Waals surface area contributed by atoms with Gasteiger partial charge in [-0.2, -0.15) is 0 Å². The van der Waals surface area contributed by atoms with E-state index in [0.717, 1.165) is 24.5 Å². The minimum atomic E-state index is -0.796. The summed E-state index contributed by atoms with van der Waals surface area (Å²) in [5.41, 5.74) is 13.6. The first-order valence-electron chi connectivity index (χ1n) is 10.7. The van der Waals surface area contributed by atoms with E-state index in [4.69, 9.17) is 16.2 Å². The average molecular weight is 453 g/mol. The van der Waals surface area contributed by atoms with Crippen molar-refractivity contribution < 1.29 is 13.9 Å². The largest absolute Gasteiger partial charge is 0.497 e. The van der Waals surface area contributed by atoms with Crippen LogP contribution in [0.5, 0.6) is 5.75 Å². The van der Waals surface area contributed by atoms with Crippen LogP contribution < -0.4 is 26.8 Å². The molecule has 33 heavy (non-hydrogen) atoms. The van der Waals surface area contributed by atoms with Crippen LogP contribution >= 0.6 is 0 Å². The van der Waals surface area contributed by atoms with Gasteiger partial charge in [-0.05, 0) is 43.7 Å². The highest BCUT2D eigenvalue weighted by Gasteiger charge is 2.20. The van der Waals surface area contributed by atoms with Crippen LogP contribution in [0.25, 0.3) is 11.3 Å². The summed E-state index contributed by atoms with van der Waals surface area (Å²) in [7, 11) is 1.60. The molecule has 9 heteroatoms. The van der Waals surface area contributed by atoms with Gasteiger partial charge < -0.3 is 26.8 Å². The molecule has 1 aromatic carbocycles. The highest BCUT2D eigenvalue weighted by atomic mass is 19.1. The van der Waals surface area contributed by atoms with Gasteiger partial charge >= 0.3 is 0 Å². The second-order valence-electron chi connectivity index (χ2n) is 7.76. The maximum atomic E-state index is 14.7. The van der Waals surface area contributed by atoms with Crippen molar-refractivity contribution in [2.24, 2.45) is 11.5 Å². The van der Waals surface area contributed by atoms with Gasteiger partial charge in [-0.15, -0.1) is 0 Å². The van der Waals surface area contributed by atoms with Gasteiger partial charge in [0.1, 0.15) is 11.6 Å². The van der Waals surface area contributed by atoms with Crippen LogP contribution in [0.3, 0.4) is 0 Å². The molecule has 0 saturated carbocycles.